The van der Waals surface area contributed by atoms with Crippen molar-refractivity contribution in [1.82, 2.24) is 5.32 Å². The number of halogens is 2. The average molecular weight is 347 g/mol. The molecule has 0 saturated carbocycles. The van der Waals surface area contributed by atoms with Crippen molar-refractivity contribution >= 4 is 33.6 Å². The van der Waals surface area contributed by atoms with Crippen LogP contribution in [-0.2, 0) is 4.79 Å². The summed E-state index contributed by atoms with van der Waals surface area (Å²) < 4.78 is 13.9. The Morgan fingerprint density at radius 3 is 2.60 bits per heavy atom. The molecule has 0 bridgehead atoms. The van der Waals surface area contributed by atoms with E-state index in [1.54, 1.807) is 6.07 Å². The third-order valence-corrected chi connectivity index (χ3v) is 3.47. The van der Waals surface area contributed by atoms with Gasteiger partial charge in [0.05, 0.1) is 5.69 Å². The van der Waals surface area contributed by atoms with Gasteiger partial charge in [-0.15, -0.1) is 0 Å². The molecule has 1 aromatic carbocycles. The van der Waals surface area contributed by atoms with Gasteiger partial charge in [0.25, 0.3) is 0 Å². The van der Waals surface area contributed by atoms with Crippen LogP contribution in [0.5, 0.6) is 0 Å². The lowest BCUT2D eigenvalue weighted by Crippen LogP contribution is -2.53. The molecule has 0 spiro atoms. The molecule has 0 radical (unpaired) electrons. The first-order chi connectivity index (χ1) is 9.30. The van der Waals surface area contributed by atoms with E-state index in [1.165, 1.54) is 19.1 Å². The largest absolute Gasteiger partial charge is 0.480 e. The van der Waals surface area contributed by atoms with Gasteiger partial charge < -0.3 is 15.7 Å². The lowest BCUT2D eigenvalue weighted by atomic mass is 9.97. The maximum atomic E-state index is 13.6. The number of hydrogen-bond acceptors (Lipinski definition) is 2. The Labute approximate surface area is 124 Å². The third-order valence-electron chi connectivity index (χ3n) is 2.81. The third kappa shape index (κ3) is 3.93. The summed E-state index contributed by atoms with van der Waals surface area (Å²) in [5.74, 6) is -1.75. The topological polar surface area (TPSA) is 78.4 Å². The van der Waals surface area contributed by atoms with E-state index in [1.807, 2.05) is 6.92 Å². The van der Waals surface area contributed by atoms with Gasteiger partial charge in [-0.1, -0.05) is 19.4 Å². The number of anilines is 1. The maximum Gasteiger partial charge on any atom is 0.329 e. The van der Waals surface area contributed by atoms with Crippen LogP contribution in [0.3, 0.4) is 0 Å². The Hall–Kier alpha value is -1.63. The molecule has 0 aliphatic rings. The second-order valence-corrected chi connectivity index (χ2v) is 5.42. The van der Waals surface area contributed by atoms with Crippen molar-refractivity contribution in [3.63, 3.8) is 0 Å². The summed E-state index contributed by atoms with van der Waals surface area (Å²) in [6, 6.07) is 3.49. The monoisotopic (exact) mass is 346 g/mol. The summed E-state index contributed by atoms with van der Waals surface area (Å²) in [7, 11) is 0. The Morgan fingerprint density at radius 1 is 1.45 bits per heavy atom. The normalized spacial score (nSPS) is 13.4. The Morgan fingerprint density at radius 2 is 2.10 bits per heavy atom. The quantitative estimate of drug-likeness (QED) is 0.764. The molecule has 0 saturated heterocycles. The number of carbonyl (C=O) groups is 2. The second kappa shape index (κ2) is 6.69. The van der Waals surface area contributed by atoms with Gasteiger partial charge in [-0.2, -0.15) is 0 Å². The Bertz CT molecular complexity index is 504. The van der Waals surface area contributed by atoms with Gasteiger partial charge in [0, 0.05) is 4.47 Å². The van der Waals surface area contributed by atoms with E-state index in [9.17, 15) is 14.0 Å². The molecule has 0 aliphatic carbocycles. The molecule has 1 aromatic rings. The fraction of sp³-hybridized carbons (Fsp3) is 0.385. The number of carboxylic acid groups (broad SMARTS) is 1. The molecule has 1 atom stereocenters. The number of carboxylic acids is 1. The van der Waals surface area contributed by atoms with Crippen molar-refractivity contribution in [1.29, 1.82) is 0 Å². The number of para-hydroxylation sites is 1. The number of aliphatic carboxylic acids is 1. The summed E-state index contributed by atoms with van der Waals surface area (Å²) in [4.78, 5) is 23.0. The van der Waals surface area contributed by atoms with Gasteiger partial charge in [0.2, 0.25) is 0 Å². The summed E-state index contributed by atoms with van der Waals surface area (Å²) in [5, 5.41) is 13.8. The fourth-order valence-electron chi connectivity index (χ4n) is 1.74. The van der Waals surface area contributed by atoms with Crippen molar-refractivity contribution in [2.75, 3.05) is 5.32 Å². The number of amides is 2. The molecule has 1 unspecified atom stereocenters. The first-order valence-electron chi connectivity index (χ1n) is 6.06. The van der Waals surface area contributed by atoms with E-state index in [4.69, 9.17) is 5.11 Å². The molecule has 3 N–H and O–H groups in total. The SMILES string of the molecule is CCCC(C)(NC(=O)Nc1c(F)cccc1Br)C(=O)O. The molecule has 7 heteroatoms. The van der Waals surface area contributed by atoms with E-state index in [-0.39, 0.29) is 12.1 Å². The van der Waals surface area contributed by atoms with Crippen molar-refractivity contribution in [2.24, 2.45) is 0 Å². The number of benzene rings is 1. The minimum absolute atomic E-state index is 0.0331. The Balaban J connectivity index is 2.84. The van der Waals surface area contributed by atoms with E-state index in [0.29, 0.717) is 10.9 Å². The van der Waals surface area contributed by atoms with Gasteiger partial charge in [0.15, 0.2) is 0 Å². The van der Waals surface area contributed by atoms with Crippen LogP contribution in [0.15, 0.2) is 22.7 Å². The van der Waals surface area contributed by atoms with E-state index in [2.05, 4.69) is 26.6 Å². The highest BCUT2D eigenvalue weighted by Gasteiger charge is 2.34. The summed E-state index contributed by atoms with van der Waals surface area (Å²) in [6.45, 7) is 3.23. The molecule has 0 heterocycles. The van der Waals surface area contributed by atoms with Crippen molar-refractivity contribution in [2.45, 2.75) is 32.2 Å². The predicted octanol–water partition coefficient (Wildman–Crippen LogP) is 3.35. The summed E-state index contributed by atoms with van der Waals surface area (Å²) in [6.07, 6.45) is 0.862. The molecule has 0 fully saturated rings. The number of rotatable bonds is 5. The molecular formula is C13H16BrFN2O3. The lowest BCUT2D eigenvalue weighted by molar-refractivity contribution is -0.143. The highest BCUT2D eigenvalue weighted by atomic mass is 79.9. The van der Waals surface area contributed by atoms with Gasteiger partial charge in [-0.3, -0.25) is 0 Å². The molecule has 1 rings (SSSR count). The van der Waals surface area contributed by atoms with Crippen molar-refractivity contribution in [3.8, 4) is 0 Å². The predicted molar refractivity (Wildman–Crippen MR) is 77.2 cm³/mol. The van der Waals surface area contributed by atoms with E-state index >= 15 is 0 Å². The molecule has 20 heavy (non-hydrogen) atoms. The number of urea groups is 1. The van der Waals surface area contributed by atoms with Gasteiger partial charge in [0.1, 0.15) is 11.4 Å². The van der Waals surface area contributed by atoms with E-state index in [0.717, 1.165) is 0 Å². The van der Waals surface area contributed by atoms with Crippen LogP contribution < -0.4 is 10.6 Å². The zero-order chi connectivity index (χ0) is 15.3. The zero-order valence-corrected chi connectivity index (χ0v) is 12.8. The van der Waals surface area contributed by atoms with Gasteiger partial charge >= 0.3 is 12.0 Å². The van der Waals surface area contributed by atoms with Crippen LogP contribution in [0.25, 0.3) is 0 Å². The highest BCUT2D eigenvalue weighted by molar-refractivity contribution is 9.10. The number of carbonyl (C=O) groups excluding carboxylic acids is 1. The van der Waals surface area contributed by atoms with Crippen molar-refractivity contribution in [3.05, 3.63) is 28.5 Å². The zero-order valence-electron chi connectivity index (χ0n) is 11.2. The van der Waals surface area contributed by atoms with Gasteiger partial charge in [-0.05, 0) is 41.4 Å². The average Bonchev–Trinajstić information content (AvgIpc) is 2.34. The molecule has 0 aromatic heterocycles. The number of nitrogens with one attached hydrogen (secondary N) is 2. The van der Waals surface area contributed by atoms with Crippen LogP contribution in [0.1, 0.15) is 26.7 Å². The Kier molecular flexibility index (Phi) is 5.50. The molecule has 110 valence electrons. The molecule has 2 amide bonds. The molecule has 0 aliphatic heterocycles. The first kappa shape index (κ1) is 16.4. The standard InChI is InChI=1S/C13H16BrFN2O3/c1-3-7-13(2,11(18)19)17-12(20)16-10-8(14)5-4-6-9(10)15/h4-6H,3,7H2,1-2H3,(H,18,19)(H2,16,17,20). The van der Waals surface area contributed by atoms with Crippen LogP contribution in [0.2, 0.25) is 0 Å². The van der Waals surface area contributed by atoms with E-state index < -0.39 is 23.4 Å². The molecular weight excluding hydrogens is 331 g/mol. The van der Waals surface area contributed by atoms with Crippen LogP contribution in [-0.4, -0.2) is 22.6 Å². The van der Waals surface area contributed by atoms with Crippen molar-refractivity contribution < 1.29 is 19.1 Å². The molecule has 5 nitrogen and oxygen atoms in total. The van der Waals surface area contributed by atoms with Crippen LogP contribution in [0, 0.1) is 5.82 Å². The highest BCUT2D eigenvalue weighted by Crippen LogP contribution is 2.25. The minimum Gasteiger partial charge on any atom is -0.480 e. The minimum atomic E-state index is -1.39. The first-order valence-corrected chi connectivity index (χ1v) is 6.86. The lowest BCUT2D eigenvalue weighted by Gasteiger charge is -2.26. The fourth-order valence-corrected chi connectivity index (χ4v) is 2.18. The summed E-state index contributed by atoms with van der Waals surface area (Å²) in [5.41, 5.74) is -1.43. The second-order valence-electron chi connectivity index (χ2n) is 4.56. The number of hydrogen-bond donors (Lipinski definition) is 3. The van der Waals surface area contributed by atoms with Crippen LogP contribution >= 0.6 is 15.9 Å². The van der Waals surface area contributed by atoms with Gasteiger partial charge in [-0.25, -0.2) is 14.0 Å². The van der Waals surface area contributed by atoms with Crippen LogP contribution in [0.4, 0.5) is 14.9 Å². The smallest absolute Gasteiger partial charge is 0.329 e. The maximum absolute atomic E-state index is 13.6. The summed E-state index contributed by atoms with van der Waals surface area (Å²) >= 11 is 3.12.